The summed E-state index contributed by atoms with van der Waals surface area (Å²) in [6, 6.07) is 15.4. The van der Waals surface area contributed by atoms with Crippen LogP contribution in [0.5, 0.6) is 0 Å². The van der Waals surface area contributed by atoms with E-state index in [0.29, 0.717) is 12.6 Å². The van der Waals surface area contributed by atoms with Crippen molar-refractivity contribution in [3.63, 3.8) is 0 Å². The first-order valence-corrected chi connectivity index (χ1v) is 14.7. The molecule has 5 aromatic rings. The van der Waals surface area contributed by atoms with Crippen molar-refractivity contribution < 1.29 is 14.3 Å². The van der Waals surface area contributed by atoms with E-state index in [1.165, 1.54) is 13.5 Å². The summed E-state index contributed by atoms with van der Waals surface area (Å²) in [5.74, 6) is 1.67. The van der Waals surface area contributed by atoms with Crippen LogP contribution in [0, 0.1) is 0 Å². The molecule has 6 rings (SSSR count). The number of aryl methyl sites for hydroxylation is 1. The lowest BCUT2D eigenvalue weighted by Gasteiger charge is -2.16. The Morgan fingerprint density at radius 3 is 2.58 bits per heavy atom. The van der Waals surface area contributed by atoms with Gasteiger partial charge in [-0.1, -0.05) is 24.3 Å². The number of ether oxygens (including phenoxy) is 1. The number of nitrogens with one attached hydrogen (secondary N) is 4. The number of nitrogens with zero attached hydrogens (tertiary/aromatic N) is 4. The molecule has 1 atom stereocenters. The molecule has 0 spiro atoms. The normalized spacial score (nSPS) is 15.3. The third-order valence-electron chi connectivity index (χ3n) is 8.05. The fourth-order valence-electron chi connectivity index (χ4n) is 5.65. The first-order chi connectivity index (χ1) is 21.0. The number of methoxy groups -OCH3 is 1. The maximum Gasteiger partial charge on any atom is 0.407 e. The Bertz CT molecular complexity index is 1760. The number of H-pyrrole nitrogens is 2. The van der Waals surface area contributed by atoms with Crippen molar-refractivity contribution in [2.24, 2.45) is 0 Å². The lowest BCUT2D eigenvalue weighted by atomic mass is 10.00. The van der Waals surface area contributed by atoms with E-state index in [-0.39, 0.29) is 12.5 Å². The molecule has 0 bridgehead atoms. The number of alkyl carbamates (subject to hydrolysis) is 1. The second-order valence-electron chi connectivity index (χ2n) is 11.0. The summed E-state index contributed by atoms with van der Waals surface area (Å²) in [5, 5.41) is 7.45. The number of unbranched alkanes of at least 4 members (excludes halogenated alkanes) is 1. The Morgan fingerprint density at radius 2 is 1.79 bits per heavy atom. The van der Waals surface area contributed by atoms with Crippen molar-refractivity contribution in [3.05, 3.63) is 66.5 Å². The highest BCUT2D eigenvalue weighted by Gasteiger charge is 2.25. The maximum absolute atomic E-state index is 11.7. The van der Waals surface area contributed by atoms with Crippen molar-refractivity contribution in [2.45, 2.75) is 38.1 Å². The standard InChI is InChI=1S/C32H36N8O3/c1-40-13-5-6-27(40)31-38-25-16-24(17-35-30(25)39-31)22-9-8-21-15-23(11-10-20(21)14-22)26-18-34-28(37-26)7-3-4-12-33-29(41)19-36-32(42)43-2/h8-11,14-18,27H,3-7,12-13,19H2,1-2H3,(H,33,41)(H,34,37)(H,36,42)(H,35,38,39). The van der Waals surface area contributed by atoms with E-state index < -0.39 is 6.09 Å². The molecule has 2 aromatic carbocycles. The van der Waals surface area contributed by atoms with Crippen LogP contribution >= 0.6 is 0 Å². The van der Waals surface area contributed by atoms with Crippen molar-refractivity contribution in [1.29, 1.82) is 0 Å². The summed E-state index contributed by atoms with van der Waals surface area (Å²) < 4.78 is 4.45. The number of amides is 2. The minimum absolute atomic E-state index is 0.0985. The molecular weight excluding hydrogens is 544 g/mol. The second kappa shape index (κ2) is 12.6. The molecule has 1 saturated heterocycles. The molecule has 1 aliphatic rings. The van der Waals surface area contributed by atoms with Crippen LogP contribution in [0.1, 0.15) is 43.4 Å². The van der Waals surface area contributed by atoms with Crippen LogP contribution in [0.3, 0.4) is 0 Å². The monoisotopic (exact) mass is 580 g/mol. The minimum Gasteiger partial charge on any atom is -0.453 e. The second-order valence-corrected chi connectivity index (χ2v) is 11.0. The fourth-order valence-corrected chi connectivity index (χ4v) is 5.65. The van der Waals surface area contributed by atoms with Crippen molar-refractivity contribution in [3.8, 4) is 22.4 Å². The van der Waals surface area contributed by atoms with Crippen molar-refractivity contribution in [2.75, 3.05) is 33.8 Å². The average Bonchev–Trinajstić information content (AvgIpc) is 3.78. The molecule has 2 amide bonds. The third kappa shape index (κ3) is 6.51. The SMILES string of the molecule is COC(=O)NCC(=O)NCCCCc1ncc(-c2ccc3cc(-c4cnc5nc(C6CCCN6C)[nH]c5c4)ccc3c2)[nH]1. The Morgan fingerprint density at radius 1 is 0.977 bits per heavy atom. The topological polar surface area (TPSA) is 141 Å². The molecule has 0 radical (unpaired) electrons. The van der Waals surface area contributed by atoms with E-state index in [1.54, 1.807) is 0 Å². The first-order valence-electron chi connectivity index (χ1n) is 14.7. The lowest BCUT2D eigenvalue weighted by Crippen LogP contribution is -2.37. The van der Waals surface area contributed by atoms with Gasteiger partial charge in [-0.2, -0.15) is 0 Å². The Hall–Kier alpha value is -4.77. The fraction of sp³-hybridized carbons (Fsp3) is 0.344. The van der Waals surface area contributed by atoms with Gasteiger partial charge in [-0.25, -0.2) is 19.7 Å². The molecule has 3 aromatic heterocycles. The number of aromatic nitrogens is 5. The van der Waals surface area contributed by atoms with Gasteiger partial charge in [0.25, 0.3) is 0 Å². The van der Waals surface area contributed by atoms with E-state index in [9.17, 15) is 9.59 Å². The summed E-state index contributed by atoms with van der Waals surface area (Å²) in [6.07, 6.45) is 7.92. The van der Waals surface area contributed by atoms with E-state index in [1.807, 2.05) is 12.4 Å². The van der Waals surface area contributed by atoms with Crippen molar-refractivity contribution >= 4 is 33.9 Å². The number of hydrogen-bond acceptors (Lipinski definition) is 7. The molecule has 1 unspecified atom stereocenters. The highest BCUT2D eigenvalue weighted by molar-refractivity contribution is 5.91. The zero-order chi connectivity index (χ0) is 29.8. The van der Waals surface area contributed by atoms with Gasteiger partial charge >= 0.3 is 6.09 Å². The summed E-state index contributed by atoms with van der Waals surface area (Å²) in [4.78, 5) is 46.0. The molecule has 1 fully saturated rings. The minimum atomic E-state index is -0.623. The molecule has 0 saturated carbocycles. The number of carbonyl (C=O) groups excluding carboxylic acids is 2. The van der Waals surface area contributed by atoms with Gasteiger partial charge in [0, 0.05) is 30.3 Å². The number of benzene rings is 2. The molecule has 222 valence electrons. The van der Waals surface area contributed by atoms with Crippen LogP contribution in [-0.4, -0.2) is 75.6 Å². The number of aromatic amines is 2. The molecule has 0 aliphatic carbocycles. The zero-order valence-corrected chi connectivity index (χ0v) is 24.4. The average molecular weight is 581 g/mol. The molecule has 11 nitrogen and oxygen atoms in total. The van der Waals surface area contributed by atoms with Crippen LogP contribution in [0.15, 0.2) is 54.9 Å². The third-order valence-corrected chi connectivity index (χ3v) is 8.05. The predicted molar refractivity (Wildman–Crippen MR) is 165 cm³/mol. The quantitative estimate of drug-likeness (QED) is 0.175. The molecule has 1 aliphatic heterocycles. The summed E-state index contributed by atoms with van der Waals surface area (Å²) in [7, 11) is 3.41. The molecular formula is C32H36N8O3. The first kappa shape index (κ1) is 28.4. The largest absolute Gasteiger partial charge is 0.453 e. The Labute approximate surface area is 249 Å². The van der Waals surface area contributed by atoms with Gasteiger partial charge in [0.15, 0.2) is 5.65 Å². The van der Waals surface area contributed by atoms with Crippen LogP contribution < -0.4 is 10.6 Å². The van der Waals surface area contributed by atoms with E-state index in [0.717, 1.165) is 88.2 Å². The number of hydrogen-bond donors (Lipinski definition) is 4. The zero-order valence-electron chi connectivity index (χ0n) is 24.4. The van der Waals surface area contributed by atoms with E-state index >= 15 is 0 Å². The van der Waals surface area contributed by atoms with Gasteiger partial charge in [0.05, 0.1) is 37.1 Å². The maximum atomic E-state index is 11.7. The van der Waals surface area contributed by atoms with Crippen LogP contribution in [0.4, 0.5) is 4.79 Å². The number of pyridine rings is 1. The van der Waals surface area contributed by atoms with E-state index in [4.69, 9.17) is 4.98 Å². The summed E-state index contributed by atoms with van der Waals surface area (Å²) in [5.41, 5.74) is 5.96. The highest BCUT2D eigenvalue weighted by Crippen LogP contribution is 2.32. The van der Waals surface area contributed by atoms with Crippen LogP contribution in [0.2, 0.25) is 0 Å². The number of rotatable bonds is 10. The van der Waals surface area contributed by atoms with Gasteiger partial charge in [-0.05, 0) is 73.8 Å². The molecule has 4 heterocycles. The van der Waals surface area contributed by atoms with Gasteiger partial charge in [0.2, 0.25) is 5.91 Å². The van der Waals surface area contributed by atoms with Gasteiger partial charge in [-0.3, -0.25) is 9.69 Å². The molecule has 4 N–H and O–H groups in total. The highest BCUT2D eigenvalue weighted by atomic mass is 16.5. The summed E-state index contributed by atoms with van der Waals surface area (Å²) in [6.45, 7) is 1.54. The Kier molecular flexibility index (Phi) is 8.32. The van der Waals surface area contributed by atoms with Crippen LogP contribution in [-0.2, 0) is 16.0 Å². The number of carbonyl (C=O) groups is 2. The molecule has 43 heavy (non-hydrogen) atoms. The van der Waals surface area contributed by atoms with E-state index in [2.05, 4.69) is 89.7 Å². The Balaban J connectivity index is 1.06. The predicted octanol–water partition coefficient (Wildman–Crippen LogP) is 4.73. The van der Waals surface area contributed by atoms with Gasteiger partial charge in [0.1, 0.15) is 11.6 Å². The smallest absolute Gasteiger partial charge is 0.407 e. The summed E-state index contributed by atoms with van der Waals surface area (Å²) >= 11 is 0. The van der Waals surface area contributed by atoms with Crippen molar-refractivity contribution in [1.82, 2.24) is 40.5 Å². The molecule has 11 heteroatoms. The number of likely N-dealkylation sites (tertiary alicyclic amines) is 1. The number of fused-ring (bicyclic) bond motifs is 2. The van der Waals surface area contributed by atoms with Crippen LogP contribution in [0.25, 0.3) is 44.3 Å². The lowest BCUT2D eigenvalue weighted by molar-refractivity contribution is -0.120. The van der Waals surface area contributed by atoms with Gasteiger partial charge < -0.3 is 25.3 Å². The number of imidazole rings is 2. The van der Waals surface area contributed by atoms with Gasteiger partial charge in [-0.15, -0.1) is 0 Å².